The second-order valence-corrected chi connectivity index (χ2v) is 3.57. The number of carbonyl (C=O) groups is 1. The lowest BCUT2D eigenvalue weighted by Crippen LogP contribution is -2.19. The summed E-state index contributed by atoms with van der Waals surface area (Å²) in [7, 11) is 0. The zero-order valence-electron chi connectivity index (χ0n) is 10.1. The highest BCUT2D eigenvalue weighted by atomic mass is 16.5. The molecule has 0 unspecified atom stereocenters. The summed E-state index contributed by atoms with van der Waals surface area (Å²) in [5, 5.41) is 8.98. The van der Waals surface area contributed by atoms with E-state index in [1.54, 1.807) is 19.9 Å². The van der Waals surface area contributed by atoms with E-state index in [-0.39, 0.29) is 18.2 Å². The largest absolute Gasteiger partial charge is 0.465 e. The third-order valence-corrected chi connectivity index (χ3v) is 2.29. The van der Waals surface area contributed by atoms with Crippen LogP contribution in [0.3, 0.4) is 0 Å². The number of carbonyl (C=O) groups excluding carboxylic acids is 1. The summed E-state index contributed by atoms with van der Waals surface area (Å²) in [5.74, 6) is 0.584. The Balaban J connectivity index is 2.20. The van der Waals surface area contributed by atoms with E-state index in [2.05, 4.69) is 20.5 Å². The Bertz CT molecular complexity index is 630. The topological polar surface area (TPSA) is 101 Å². The van der Waals surface area contributed by atoms with Gasteiger partial charge in [-0.1, -0.05) is 0 Å². The van der Waals surface area contributed by atoms with Gasteiger partial charge in [0.1, 0.15) is 18.2 Å². The number of anilines is 1. The molecule has 0 bridgehead atoms. The maximum atomic E-state index is 11.4. The molecule has 0 spiro atoms. The van der Waals surface area contributed by atoms with Crippen molar-refractivity contribution in [3.8, 4) is 0 Å². The average Bonchev–Trinajstić information content (AvgIpc) is 2.69. The van der Waals surface area contributed by atoms with E-state index >= 15 is 0 Å². The van der Waals surface area contributed by atoms with E-state index in [4.69, 9.17) is 4.74 Å². The fraction of sp³-hybridized carbons (Fsp3) is 0.400. The van der Waals surface area contributed by atoms with Gasteiger partial charge in [0, 0.05) is 6.07 Å². The molecule has 2 rings (SSSR count). The number of rotatable bonds is 4. The molecule has 8 nitrogen and oxygen atoms in total. The molecule has 2 aromatic rings. The number of aromatic nitrogens is 4. The Morgan fingerprint density at radius 2 is 2.39 bits per heavy atom. The predicted octanol–water partition coefficient (Wildman–Crippen LogP) is -0.299. The van der Waals surface area contributed by atoms with Crippen molar-refractivity contribution in [3.63, 3.8) is 0 Å². The summed E-state index contributed by atoms with van der Waals surface area (Å²) in [5.41, 5.74) is 0.103. The van der Waals surface area contributed by atoms with E-state index in [1.807, 2.05) is 0 Å². The Kier molecular flexibility index (Phi) is 3.26. The average molecular weight is 251 g/mol. The summed E-state index contributed by atoms with van der Waals surface area (Å²) >= 11 is 0. The van der Waals surface area contributed by atoms with Gasteiger partial charge in [-0.25, -0.2) is 19.3 Å². The molecule has 18 heavy (non-hydrogen) atoms. The number of ether oxygens (including phenoxy) is 1. The molecule has 0 saturated carbocycles. The molecule has 0 aliphatic rings. The van der Waals surface area contributed by atoms with Gasteiger partial charge in [0.2, 0.25) is 0 Å². The Morgan fingerprint density at radius 1 is 1.61 bits per heavy atom. The maximum absolute atomic E-state index is 11.4. The van der Waals surface area contributed by atoms with Crippen LogP contribution in [0.4, 0.5) is 5.82 Å². The van der Waals surface area contributed by atoms with Gasteiger partial charge in [0.25, 0.3) is 0 Å². The lowest BCUT2D eigenvalue weighted by molar-refractivity contribution is -0.140. The van der Waals surface area contributed by atoms with Crippen molar-refractivity contribution in [1.29, 1.82) is 0 Å². The number of aromatic amines is 1. The Labute approximate surface area is 102 Å². The minimum atomic E-state index is -0.365. The molecule has 2 heterocycles. The monoisotopic (exact) mass is 251 g/mol. The highest BCUT2D eigenvalue weighted by Gasteiger charge is 2.08. The quantitative estimate of drug-likeness (QED) is 0.723. The van der Waals surface area contributed by atoms with Crippen molar-refractivity contribution in [2.75, 3.05) is 18.5 Å². The minimum Gasteiger partial charge on any atom is -0.465 e. The molecule has 0 fully saturated rings. The van der Waals surface area contributed by atoms with E-state index in [9.17, 15) is 9.59 Å². The van der Waals surface area contributed by atoms with Gasteiger partial charge in [-0.05, 0) is 13.8 Å². The van der Waals surface area contributed by atoms with Gasteiger partial charge in [0.05, 0.1) is 6.61 Å². The third kappa shape index (κ3) is 2.31. The molecule has 96 valence electrons. The van der Waals surface area contributed by atoms with Crippen molar-refractivity contribution in [2.24, 2.45) is 0 Å². The van der Waals surface area contributed by atoms with Gasteiger partial charge in [-0.2, -0.15) is 5.10 Å². The smallest absolute Gasteiger partial charge is 0.349 e. The predicted molar refractivity (Wildman–Crippen MR) is 63.5 cm³/mol. The van der Waals surface area contributed by atoms with E-state index in [1.165, 1.54) is 4.40 Å². The molecule has 0 amide bonds. The first-order valence-electron chi connectivity index (χ1n) is 5.46. The molecule has 0 aliphatic carbocycles. The van der Waals surface area contributed by atoms with Crippen LogP contribution in [0.25, 0.3) is 5.65 Å². The second-order valence-electron chi connectivity index (χ2n) is 3.57. The van der Waals surface area contributed by atoms with Gasteiger partial charge in [0.15, 0.2) is 5.65 Å². The molecular formula is C10H13N5O3. The highest BCUT2D eigenvalue weighted by molar-refractivity contribution is 5.74. The minimum absolute atomic E-state index is 0.0190. The number of hydrogen-bond donors (Lipinski definition) is 2. The fourth-order valence-corrected chi connectivity index (χ4v) is 1.56. The molecule has 2 aromatic heterocycles. The number of nitrogens with one attached hydrogen (secondary N) is 2. The number of aryl methyl sites for hydroxylation is 1. The number of fused-ring (bicyclic) bond motifs is 1. The van der Waals surface area contributed by atoms with Crippen molar-refractivity contribution in [2.45, 2.75) is 13.8 Å². The molecule has 2 N–H and O–H groups in total. The van der Waals surface area contributed by atoms with Crippen LogP contribution < -0.4 is 11.0 Å². The SMILES string of the molecule is CCOC(=O)CNc1cc2n[nH]c(=O)n2c(C)n1. The van der Waals surface area contributed by atoms with Gasteiger partial charge >= 0.3 is 11.7 Å². The van der Waals surface area contributed by atoms with E-state index in [0.29, 0.717) is 23.9 Å². The molecule has 0 radical (unpaired) electrons. The number of hydrogen-bond acceptors (Lipinski definition) is 6. The van der Waals surface area contributed by atoms with Crippen LogP contribution in [0.15, 0.2) is 10.9 Å². The first-order chi connectivity index (χ1) is 8.61. The molecular weight excluding hydrogens is 238 g/mol. The summed E-state index contributed by atoms with van der Waals surface area (Å²) in [6, 6.07) is 1.57. The first-order valence-corrected chi connectivity index (χ1v) is 5.46. The van der Waals surface area contributed by atoms with Gasteiger partial charge < -0.3 is 10.1 Å². The van der Waals surface area contributed by atoms with Crippen molar-refractivity contribution >= 4 is 17.4 Å². The van der Waals surface area contributed by atoms with Crippen LogP contribution >= 0.6 is 0 Å². The number of esters is 1. The van der Waals surface area contributed by atoms with Crippen molar-refractivity contribution in [3.05, 3.63) is 22.4 Å². The number of H-pyrrole nitrogens is 1. The lowest BCUT2D eigenvalue weighted by atomic mass is 10.5. The summed E-state index contributed by atoms with van der Waals surface area (Å²) in [4.78, 5) is 26.7. The highest BCUT2D eigenvalue weighted by Crippen LogP contribution is 2.07. The van der Waals surface area contributed by atoms with E-state index < -0.39 is 0 Å². The summed E-state index contributed by atoms with van der Waals surface area (Å²) < 4.78 is 6.12. The molecule has 0 atom stereocenters. The summed E-state index contributed by atoms with van der Waals surface area (Å²) in [6.07, 6.45) is 0. The third-order valence-electron chi connectivity index (χ3n) is 2.29. The van der Waals surface area contributed by atoms with Crippen LogP contribution in [0.1, 0.15) is 12.7 Å². The van der Waals surface area contributed by atoms with Gasteiger partial charge in [-0.3, -0.25) is 4.79 Å². The van der Waals surface area contributed by atoms with Crippen LogP contribution in [0.5, 0.6) is 0 Å². The lowest BCUT2D eigenvalue weighted by Gasteiger charge is -2.06. The molecule has 8 heteroatoms. The Hall–Kier alpha value is -2.38. The van der Waals surface area contributed by atoms with E-state index in [0.717, 1.165) is 0 Å². The van der Waals surface area contributed by atoms with Gasteiger partial charge in [-0.15, -0.1) is 0 Å². The normalized spacial score (nSPS) is 10.6. The zero-order chi connectivity index (χ0) is 13.1. The maximum Gasteiger partial charge on any atom is 0.349 e. The molecule has 0 aliphatic heterocycles. The van der Waals surface area contributed by atoms with Crippen molar-refractivity contribution < 1.29 is 9.53 Å². The standard InChI is InChI=1S/C10H13N5O3/c1-3-18-9(16)5-11-7-4-8-13-14-10(17)15(8)6(2)12-7/h4,11H,3,5H2,1-2H3,(H,14,17). The van der Waals surface area contributed by atoms with Crippen LogP contribution in [0.2, 0.25) is 0 Å². The second kappa shape index (κ2) is 4.86. The van der Waals surface area contributed by atoms with Crippen LogP contribution in [0, 0.1) is 6.92 Å². The van der Waals surface area contributed by atoms with Crippen LogP contribution in [-0.4, -0.2) is 38.7 Å². The summed E-state index contributed by atoms with van der Waals surface area (Å²) in [6.45, 7) is 3.77. The molecule has 0 saturated heterocycles. The Morgan fingerprint density at radius 3 is 3.11 bits per heavy atom. The van der Waals surface area contributed by atoms with Crippen molar-refractivity contribution in [1.82, 2.24) is 19.6 Å². The fourth-order valence-electron chi connectivity index (χ4n) is 1.56. The van der Waals surface area contributed by atoms with Crippen LogP contribution in [-0.2, 0) is 9.53 Å². The zero-order valence-corrected chi connectivity index (χ0v) is 10.1. The first kappa shape index (κ1) is 12.1. The number of nitrogens with zero attached hydrogens (tertiary/aromatic N) is 3. The molecule has 0 aromatic carbocycles.